The summed E-state index contributed by atoms with van der Waals surface area (Å²) in [5.74, 6) is 0.635. The van der Waals surface area contributed by atoms with Crippen LogP contribution in [0.15, 0.2) is 191 Å². The molecular formula is C47H30N2O2. The van der Waals surface area contributed by atoms with Crippen molar-refractivity contribution in [3.63, 3.8) is 0 Å². The number of aromatic nitrogens is 1. The van der Waals surface area contributed by atoms with Crippen LogP contribution in [-0.2, 0) is 0 Å². The number of nitrogens with zero attached hydrogens (tertiary/aromatic N) is 2. The monoisotopic (exact) mass is 654 g/mol. The van der Waals surface area contributed by atoms with E-state index in [1.54, 1.807) is 0 Å². The molecule has 0 saturated heterocycles. The van der Waals surface area contributed by atoms with Gasteiger partial charge in [0.15, 0.2) is 5.58 Å². The van der Waals surface area contributed by atoms with Crippen LogP contribution in [0.2, 0.25) is 0 Å². The predicted molar refractivity (Wildman–Crippen MR) is 210 cm³/mol. The maximum atomic E-state index is 6.33. The van der Waals surface area contributed by atoms with Gasteiger partial charge in [0, 0.05) is 44.9 Å². The number of benzene rings is 8. The van der Waals surface area contributed by atoms with Gasteiger partial charge < -0.3 is 13.7 Å². The summed E-state index contributed by atoms with van der Waals surface area (Å²) in [6.07, 6.45) is 0. The van der Waals surface area contributed by atoms with Crippen LogP contribution in [0, 0.1) is 0 Å². The van der Waals surface area contributed by atoms with Crippen LogP contribution < -0.4 is 4.90 Å². The second kappa shape index (κ2) is 11.9. The normalized spacial score (nSPS) is 11.5. The minimum Gasteiger partial charge on any atom is -0.456 e. The summed E-state index contributed by atoms with van der Waals surface area (Å²) in [5.41, 5.74) is 12.1. The molecule has 4 nitrogen and oxygen atoms in total. The predicted octanol–water partition coefficient (Wildman–Crippen LogP) is 13.4. The number of anilines is 3. The molecule has 10 rings (SSSR count). The number of para-hydroxylation sites is 1. The van der Waals surface area contributed by atoms with E-state index in [-0.39, 0.29) is 0 Å². The highest BCUT2D eigenvalue weighted by molar-refractivity contribution is 6.07. The third kappa shape index (κ3) is 5.13. The molecule has 240 valence electrons. The number of furan rings is 1. The molecule has 2 aromatic heterocycles. The van der Waals surface area contributed by atoms with Crippen molar-refractivity contribution in [3.8, 4) is 33.7 Å². The van der Waals surface area contributed by atoms with Crippen LogP contribution in [0.3, 0.4) is 0 Å². The van der Waals surface area contributed by atoms with Crippen LogP contribution in [0.1, 0.15) is 0 Å². The molecule has 0 aliphatic carbocycles. The van der Waals surface area contributed by atoms with Gasteiger partial charge in [-0.1, -0.05) is 109 Å². The quantitative estimate of drug-likeness (QED) is 0.179. The SMILES string of the molecule is c1ccc(-c2cccc(N(c3ccc(-c4ccc5c(ccc6oc(-c7ccccc7)nc65)c4)cc3)c3ccc4c(c3)oc3ccccc34)c2)cc1. The van der Waals surface area contributed by atoms with E-state index >= 15 is 0 Å². The van der Waals surface area contributed by atoms with Gasteiger partial charge in [0.1, 0.15) is 16.7 Å². The average molecular weight is 655 g/mol. The van der Waals surface area contributed by atoms with Crippen molar-refractivity contribution in [1.29, 1.82) is 0 Å². The van der Waals surface area contributed by atoms with Crippen LogP contribution in [0.4, 0.5) is 17.1 Å². The second-order valence-corrected chi connectivity index (χ2v) is 12.8. The molecule has 0 amide bonds. The summed E-state index contributed by atoms with van der Waals surface area (Å²) < 4.78 is 12.5. The van der Waals surface area contributed by atoms with Crippen molar-refractivity contribution >= 4 is 60.9 Å². The Hall–Kier alpha value is -6.91. The highest BCUT2D eigenvalue weighted by Gasteiger charge is 2.17. The molecule has 51 heavy (non-hydrogen) atoms. The molecule has 0 bridgehead atoms. The van der Waals surface area contributed by atoms with Gasteiger partial charge in [-0.15, -0.1) is 0 Å². The summed E-state index contributed by atoms with van der Waals surface area (Å²) in [7, 11) is 0. The van der Waals surface area contributed by atoms with Crippen molar-refractivity contribution in [1.82, 2.24) is 4.98 Å². The Bertz CT molecular complexity index is 2850. The molecule has 0 spiro atoms. The molecule has 0 fully saturated rings. The average Bonchev–Trinajstić information content (AvgIpc) is 3.81. The maximum Gasteiger partial charge on any atom is 0.227 e. The Morgan fingerprint density at radius 2 is 0.980 bits per heavy atom. The smallest absolute Gasteiger partial charge is 0.227 e. The lowest BCUT2D eigenvalue weighted by atomic mass is 10.00. The first-order chi connectivity index (χ1) is 25.2. The molecule has 0 atom stereocenters. The molecule has 0 aliphatic rings. The summed E-state index contributed by atoms with van der Waals surface area (Å²) >= 11 is 0. The van der Waals surface area contributed by atoms with Gasteiger partial charge in [0.25, 0.3) is 0 Å². The van der Waals surface area contributed by atoms with E-state index in [1.807, 2.05) is 48.5 Å². The van der Waals surface area contributed by atoms with Crippen LogP contribution >= 0.6 is 0 Å². The van der Waals surface area contributed by atoms with E-state index in [4.69, 9.17) is 13.8 Å². The van der Waals surface area contributed by atoms with Crippen LogP contribution in [-0.4, -0.2) is 4.98 Å². The van der Waals surface area contributed by atoms with Crippen molar-refractivity contribution in [2.45, 2.75) is 0 Å². The molecule has 0 radical (unpaired) electrons. The third-order valence-electron chi connectivity index (χ3n) is 9.69. The zero-order valence-corrected chi connectivity index (χ0v) is 27.5. The molecular weight excluding hydrogens is 625 g/mol. The van der Waals surface area contributed by atoms with Gasteiger partial charge >= 0.3 is 0 Å². The van der Waals surface area contributed by atoms with Gasteiger partial charge in [0.2, 0.25) is 5.89 Å². The van der Waals surface area contributed by atoms with Gasteiger partial charge in [0.05, 0.1) is 0 Å². The largest absolute Gasteiger partial charge is 0.456 e. The number of oxazole rings is 1. The van der Waals surface area contributed by atoms with Gasteiger partial charge in [-0.3, -0.25) is 0 Å². The molecule has 2 heterocycles. The summed E-state index contributed by atoms with van der Waals surface area (Å²) in [4.78, 5) is 7.18. The first kappa shape index (κ1) is 29.0. The Morgan fingerprint density at radius 1 is 0.353 bits per heavy atom. The first-order valence-electron chi connectivity index (χ1n) is 17.1. The lowest BCUT2D eigenvalue weighted by Crippen LogP contribution is -2.10. The van der Waals surface area contributed by atoms with E-state index < -0.39 is 0 Å². The Balaban J connectivity index is 1.05. The highest BCUT2D eigenvalue weighted by Crippen LogP contribution is 2.40. The van der Waals surface area contributed by atoms with Crippen molar-refractivity contribution < 1.29 is 8.83 Å². The van der Waals surface area contributed by atoms with E-state index in [0.29, 0.717) is 5.89 Å². The van der Waals surface area contributed by atoms with Crippen LogP contribution in [0.25, 0.3) is 77.5 Å². The van der Waals surface area contributed by atoms with Gasteiger partial charge in [-0.2, -0.15) is 0 Å². The maximum absolute atomic E-state index is 6.33. The lowest BCUT2D eigenvalue weighted by molar-refractivity contribution is 0.620. The van der Waals surface area contributed by atoms with E-state index in [9.17, 15) is 0 Å². The summed E-state index contributed by atoms with van der Waals surface area (Å²) in [6, 6.07) is 63.5. The standard InChI is InChI=1S/C47H30N2O2/c1-3-10-31(11-4-1)34-14-9-15-38(29-34)49(39-24-26-42-41-16-7-8-17-43(41)50-45(42)30-39)37-22-18-32(19-23-37)35-20-25-40-36(28-35)21-27-44-46(40)48-47(51-44)33-12-5-2-6-13-33/h1-30H. The molecule has 4 heteroatoms. The Morgan fingerprint density at radius 3 is 1.82 bits per heavy atom. The number of fused-ring (bicyclic) bond motifs is 6. The number of rotatable bonds is 6. The molecule has 0 N–H and O–H groups in total. The Labute approximate surface area is 294 Å². The molecule has 10 aromatic rings. The fraction of sp³-hybridized carbons (Fsp3) is 0. The number of hydrogen-bond donors (Lipinski definition) is 0. The molecule has 0 saturated carbocycles. The fourth-order valence-electron chi connectivity index (χ4n) is 7.16. The van der Waals surface area contributed by atoms with Crippen molar-refractivity contribution in [2.24, 2.45) is 0 Å². The molecule has 8 aromatic carbocycles. The first-order valence-corrected chi connectivity index (χ1v) is 17.1. The minimum absolute atomic E-state index is 0.635. The minimum atomic E-state index is 0.635. The fourth-order valence-corrected chi connectivity index (χ4v) is 7.16. The molecule has 0 unspecified atom stereocenters. The zero-order chi connectivity index (χ0) is 33.7. The second-order valence-electron chi connectivity index (χ2n) is 12.8. The van der Waals surface area contributed by atoms with Crippen molar-refractivity contribution in [3.05, 3.63) is 182 Å². The Kier molecular flexibility index (Phi) is 6.78. The van der Waals surface area contributed by atoms with E-state index in [2.05, 4.69) is 138 Å². The highest BCUT2D eigenvalue weighted by atomic mass is 16.3. The van der Waals surface area contributed by atoms with Gasteiger partial charge in [-0.25, -0.2) is 4.98 Å². The topological polar surface area (TPSA) is 42.4 Å². The lowest BCUT2D eigenvalue weighted by Gasteiger charge is -2.26. The third-order valence-corrected chi connectivity index (χ3v) is 9.69. The summed E-state index contributed by atoms with van der Waals surface area (Å²) in [6.45, 7) is 0. The van der Waals surface area contributed by atoms with Gasteiger partial charge in [-0.05, 0) is 94.4 Å². The van der Waals surface area contributed by atoms with Crippen molar-refractivity contribution in [2.75, 3.05) is 4.90 Å². The van der Waals surface area contributed by atoms with E-state index in [0.717, 1.165) is 83.1 Å². The molecule has 0 aliphatic heterocycles. The zero-order valence-electron chi connectivity index (χ0n) is 27.5. The summed E-state index contributed by atoms with van der Waals surface area (Å²) in [5, 5.41) is 4.43. The van der Waals surface area contributed by atoms with Crippen LogP contribution in [0.5, 0.6) is 0 Å². The number of hydrogen-bond acceptors (Lipinski definition) is 4. The van der Waals surface area contributed by atoms with E-state index in [1.165, 1.54) is 5.56 Å².